The molecule has 7 nitrogen and oxygen atoms in total. The standard InChI is InChI=1S/C36H44O7/c1-24-18-32(40-28(5)37)35(41-33(24)23-39-21-30-14-10-7-11-15-30)34-27(4)25(2)19-36(43-34)26(3)16-17-31(42-36)22-38-20-29-12-8-6-9-13-29/h6-15,25,31-35H,1,3-4,16-23H2,2,5H3/t25-,31+,32+,33+,34-,35+,36+/m1/s1. The fourth-order valence-corrected chi connectivity index (χ4v) is 6.15. The van der Waals surface area contributed by atoms with E-state index in [-0.39, 0.29) is 24.1 Å². The number of carbonyl (C=O) groups is 1. The van der Waals surface area contributed by atoms with E-state index < -0.39 is 24.1 Å². The summed E-state index contributed by atoms with van der Waals surface area (Å²) in [5, 5.41) is 0. The fraction of sp³-hybridized carbons (Fsp3) is 0.472. The van der Waals surface area contributed by atoms with Crippen molar-refractivity contribution in [3.8, 4) is 0 Å². The molecule has 0 bridgehead atoms. The summed E-state index contributed by atoms with van der Waals surface area (Å²) < 4.78 is 38.0. The third-order valence-electron chi connectivity index (χ3n) is 8.57. The molecule has 3 fully saturated rings. The number of benzene rings is 2. The van der Waals surface area contributed by atoms with Crippen LogP contribution in [-0.2, 0) is 46.4 Å². The Bertz CT molecular complexity index is 1280. The maximum absolute atomic E-state index is 12.1. The van der Waals surface area contributed by atoms with Gasteiger partial charge in [-0.05, 0) is 46.6 Å². The fourth-order valence-electron chi connectivity index (χ4n) is 6.15. The van der Waals surface area contributed by atoms with Gasteiger partial charge in [0, 0.05) is 19.8 Å². The molecule has 230 valence electrons. The summed E-state index contributed by atoms with van der Waals surface area (Å²) in [7, 11) is 0. The molecule has 3 aliphatic rings. The van der Waals surface area contributed by atoms with Crippen LogP contribution in [0.15, 0.2) is 97.1 Å². The van der Waals surface area contributed by atoms with Gasteiger partial charge in [0.15, 0.2) is 5.79 Å². The van der Waals surface area contributed by atoms with Gasteiger partial charge < -0.3 is 28.4 Å². The molecule has 0 radical (unpaired) electrons. The molecule has 2 aromatic rings. The molecule has 5 rings (SSSR count). The second kappa shape index (κ2) is 14.1. The molecule has 0 aromatic heterocycles. The van der Waals surface area contributed by atoms with E-state index in [2.05, 4.69) is 26.7 Å². The molecule has 1 spiro atoms. The van der Waals surface area contributed by atoms with Crippen molar-refractivity contribution in [1.82, 2.24) is 0 Å². The van der Waals surface area contributed by atoms with Crippen molar-refractivity contribution in [2.24, 2.45) is 5.92 Å². The minimum atomic E-state index is -1.01. The van der Waals surface area contributed by atoms with Crippen LogP contribution in [0.25, 0.3) is 0 Å². The molecule has 0 N–H and O–H groups in total. The van der Waals surface area contributed by atoms with Crippen LogP contribution in [0.4, 0.5) is 0 Å². The van der Waals surface area contributed by atoms with Gasteiger partial charge >= 0.3 is 5.97 Å². The van der Waals surface area contributed by atoms with E-state index >= 15 is 0 Å². The predicted octanol–water partition coefficient (Wildman–Crippen LogP) is 6.48. The maximum atomic E-state index is 12.1. The van der Waals surface area contributed by atoms with E-state index in [4.69, 9.17) is 28.4 Å². The first-order chi connectivity index (χ1) is 20.7. The summed E-state index contributed by atoms with van der Waals surface area (Å²) in [6, 6.07) is 20.1. The number of rotatable bonds is 10. The quantitative estimate of drug-likeness (QED) is 0.232. The molecule has 2 aromatic carbocycles. The molecule has 0 amide bonds. The van der Waals surface area contributed by atoms with Gasteiger partial charge in [0.25, 0.3) is 0 Å². The number of ether oxygens (including phenoxy) is 6. The third kappa shape index (κ3) is 7.72. The van der Waals surface area contributed by atoms with Crippen LogP contribution in [0, 0.1) is 5.92 Å². The maximum Gasteiger partial charge on any atom is 0.303 e. The molecule has 3 aliphatic heterocycles. The highest BCUT2D eigenvalue weighted by atomic mass is 16.7. The Morgan fingerprint density at radius 2 is 1.56 bits per heavy atom. The Labute approximate surface area is 255 Å². The molecule has 43 heavy (non-hydrogen) atoms. The lowest BCUT2D eigenvalue weighted by molar-refractivity contribution is -0.308. The SMILES string of the molecule is C=C1C[C@H](OC(C)=O)[C@@H]([C@@H]2O[C@]3(C[C@@H](C)C2=C)O[C@H](COCc2ccccc2)CCC3=C)O[C@H]1COCc1ccccc1. The minimum absolute atomic E-state index is 0.0546. The van der Waals surface area contributed by atoms with Crippen LogP contribution >= 0.6 is 0 Å². The number of esters is 1. The van der Waals surface area contributed by atoms with Gasteiger partial charge in [-0.25, -0.2) is 0 Å². The summed E-state index contributed by atoms with van der Waals surface area (Å²) >= 11 is 0. The van der Waals surface area contributed by atoms with Gasteiger partial charge in [0.2, 0.25) is 0 Å². The first-order valence-electron chi connectivity index (χ1n) is 15.2. The van der Waals surface area contributed by atoms with Crippen molar-refractivity contribution in [3.05, 3.63) is 108 Å². The zero-order chi connectivity index (χ0) is 30.4. The first kappa shape index (κ1) is 31.4. The highest BCUT2D eigenvalue weighted by Crippen LogP contribution is 2.48. The minimum Gasteiger partial charge on any atom is -0.459 e. The molecular formula is C36H44O7. The highest BCUT2D eigenvalue weighted by molar-refractivity contribution is 5.66. The summed E-state index contributed by atoms with van der Waals surface area (Å²) in [4.78, 5) is 12.1. The van der Waals surface area contributed by atoms with E-state index in [1.54, 1.807) is 0 Å². The number of carbonyl (C=O) groups excluding carboxylic acids is 1. The molecule has 3 heterocycles. The van der Waals surface area contributed by atoms with Crippen molar-refractivity contribution in [2.75, 3.05) is 13.2 Å². The van der Waals surface area contributed by atoms with Crippen molar-refractivity contribution in [1.29, 1.82) is 0 Å². The van der Waals surface area contributed by atoms with Crippen LogP contribution in [0.5, 0.6) is 0 Å². The molecule has 0 aliphatic carbocycles. The zero-order valence-electron chi connectivity index (χ0n) is 25.4. The van der Waals surface area contributed by atoms with Gasteiger partial charge in [-0.3, -0.25) is 4.79 Å². The lowest BCUT2D eigenvalue weighted by Gasteiger charge is -2.52. The predicted molar refractivity (Wildman–Crippen MR) is 164 cm³/mol. The largest absolute Gasteiger partial charge is 0.459 e. The van der Waals surface area contributed by atoms with E-state index in [0.717, 1.165) is 40.7 Å². The Morgan fingerprint density at radius 1 is 0.930 bits per heavy atom. The monoisotopic (exact) mass is 588 g/mol. The van der Waals surface area contributed by atoms with E-state index in [1.165, 1.54) is 6.92 Å². The van der Waals surface area contributed by atoms with Crippen LogP contribution < -0.4 is 0 Å². The lowest BCUT2D eigenvalue weighted by Crippen LogP contribution is -2.59. The smallest absolute Gasteiger partial charge is 0.303 e. The van der Waals surface area contributed by atoms with Crippen LogP contribution in [0.2, 0.25) is 0 Å². The van der Waals surface area contributed by atoms with Gasteiger partial charge in [-0.2, -0.15) is 0 Å². The summed E-state index contributed by atoms with van der Waals surface area (Å²) in [6.07, 6.45) is 0.279. The van der Waals surface area contributed by atoms with Crippen LogP contribution in [0.3, 0.4) is 0 Å². The molecule has 0 saturated carbocycles. The van der Waals surface area contributed by atoms with E-state index in [9.17, 15) is 4.79 Å². The van der Waals surface area contributed by atoms with Crippen molar-refractivity contribution in [3.63, 3.8) is 0 Å². The van der Waals surface area contributed by atoms with Gasteiger partial charge in [0.1, 0.15) is 24.4 Å². The van der Waals surface area contributed by atoms with Crippen molar-refractivity contribution in [2.45, 2.75) is 89.1 Å². The van der Waals surface area contributed by atoms with E-state index in [0.29, 0.717) is 39.3 Å². The average molecular weight is 589 g/mol. The van der Waals surface area contributed by atoms with Gasteiger partial charge in [0.05, 0.1) is 32.5 Å². The second-order valence-electron chi connectivity index (χ2n) is 12.0. The summed E-state index contributed by atoms with van der Waals surface area (Å²) in [6.45, 7) is 18.3. The van der Waals surface area contributed by atoms with Gasteiger partial charge in [-0.1, -0.05) is 87.3 Å². The Hall–Kier alpha value is -3.07. The topological polar surface area (TPSA) is 72.5 Å². The summed E-state index contributed by atoms with van der Waals surface area (Å²) in [5.74, 6) is -1.34. The average Bonchev–Trinajstić information content (AvgIpc) is 2.99. The zero-order valence-corrected chi connectivity index (χ0v) is 25.4. The van der Waals surface area contributed by atoms with Crippen LogP contribution in [-0.4, -0.2) is 55.5 Å². The first-order valence-corrected chi connectivity index (χ1v) is 15.2. The Morgan fingerprint density at radius 3 is 2.19 bits per heavy atom. The second-order valence-corrected chi connectivity index (χ2v) is 12.0. The van der Waals surface area contributed by atoms with Crippen molar-refractivity contribution < 1.29 is 33.2 Å². The molecule has 0 unspecified atom stereocenters. The number of hydrogen-bond acceptors (Lipinski definition) is 7. The van der Waals surface area contributed by atoms with E-state index in [1.807, 2.05) is 60.7 Å². The van der Waals surface area contributed by atoms with Crippen molar-refractivity contribution >= 4 is 5.97 Å². The highest BCUT2D eigenvalue weighted by Gasteiger charge is 2.53. The lowest BCUT2D eigenvalue weighted by atomic mass is 9.79. The third-order valence-corrected chi connectivity index (χ3v) is 8.57. The molecule has 3 saturated heterocycles. The molecule has 7 atom stereocenters. The normalized spacial score (nSPS) is 31.3. The van der Waals surface area contributed by atoms with Gasteiger partial charge in [-0.15, -0.1) is 0 Å². The Balaban J connectivity index is 1.29. The Kier molecular flexibility index (Phi) is 10.3. The number of hydrogen-bond donors (Lipinski definition) is 0. The van der Waals surface area contributed by atoms with Crippen LogP contribution in [0.1, 0.15) is 50.7 Å². The molecule has 7 heteroatoms. The molecular weight excluding hydrogens is 544 g/mol. The summed E-state index contributed by atoms with van der Waals surface area (Å²) in [5.41, 5.74) is 4.78.